The Bertz CT molecular complexity index is 767. The fraction of sp³-hybridized carbons (Fsp3) is 0.571. The van der Waals surface area contributed by atoms with Gasteiger partial charge < -0.3 is 10.1 Å². The van der Waals surface area contributed by atoms with Crippen molar-refractivity contribution < 1.29 is 4.74 Å². The van der Waals surface area contributed by atoms with Crippen LogP contribution in [-0.4, -0.2) is 18.7 Å². The minimum absolute atomic E-state index is 0.544. The molecule has 2 heteroatoms. The zero-order valence-corrected chi connectivity index (χ0v) is 19.4. The highest BCUT2D eigenvalue weighted by Crippen LogP contribution is 2.26. The molecule has 3 rings (SSSR count). The summed E-state index contributed by atoms with van der Waals surface area (Å²) in [7, 11) is 0. The lowest BCUT2D eigenvalue weighted by molar-refractivity contribution is 0.123. The molecule has 1 atom stereocenters. The van der Waals surface area contributed by atoms with Gasteiger partial charge in [-0.05, 0) is 66.3 Å². The Morgan fingerprint density at radius 3 is 2.47 bits per heavy atom. The largest absolute Gasteiger partial charge is 0.376 e. The van der Waals surface area contributed by atoms with Crippen LogP contribution in [0.5, 0.6) is 0 Å². The molecule has 30 heavy (non-hydrogen) atoms. The third-order valence-electron chi connectivity index (χ3n) is 6.34. The van der Waals surface area contributed by atoms with Gasteiger partial charge in [-0.3, -0.25) is 0 Å². The second kappa shape index (κ2) is 12.3. The molecule has 0 saturated heterocycles. The highest BCUT2D eigenvalue weighted by molar-refractivity contribution is 5.37. The number of nitrogens with one attached hydrogen (secondary N) is 1. The molecule has 0 bridgehead atoms. The van der Waals surface area contributed by atoms with E-state index in [9.17, 15) is 0 Å². The van der Waals surface area contributed by atoms with E-state index in [4.69, 9.17) is 4.74 Å². The van der Waals surface area contributed by atoms with Gasteiger partial charge in [-0.15, -0.1) is 0 Å². The topological polar surface area (TPSA) is 21.3 Å². The maximum atomic E-state index is 6.18. The lowest BCUT2D eigenvalue weighted by Crippen LogP contribution is -2.39. The summed E-state index contributed by atoms with van der Waals surface area (Å²) in [5.74, 6) is 0. The highest BCUT2D eigenvalue weighted by Gasteiger charge is 2.21. The fourth-order valence-electron chi connectivity index (χ4n) is 4.76. The number of aryl methyl sites for hydroxylation is 2. The molecular formula is C28H41NO. The molecule has 2 aromatic rings. The monoisotopic (exact) mass is 407 g/mol. The number of unbranched alkanes of at least 4 members (excludes halogenated alkanes) is 3. The quantitative estimate of drug-likeness (QED) is 0.410. The second-order valence-corrected chi connectivity index (χ2v) is 9.20. The molecule has 2 nitrogen and oxygen atoms in total. The third-order valence-corrected chi connectivity index (χ3v) is 6.34. The first-order valence-electron chi connectivity index (χ1n) is 12.2. The maximum absolute atomic E-state index is 6.18. The van der Waals surface area contributed by atoms with Crippen molar-refractivity contribution in [1.82, 2.24) is 5.32 Å². The van der Waals surface area contributed by atoms with Gasteiger partial charge in [0.15, 0.2) is 0 Å². The lowest BCUT2D eigenvalue weighted by Gasteiger charge is -2.29. The highest BCUT2D eigenvalue weighted by atomic mass is 16.5. The second-order valence-electron chi connectivity index (χ2n) is 9.20. The van der Waals surface area contributed by atoms with Crippen molar-refractivity contribution in [1.29, 1.82) is 0 Å². The fourth-order valence-corrected chi connectivity index (χ4v) is 4.76. The van der Waals surface area contributed by atoms with Crippen LogP contribution in [0.1, 0.15) is 80.7 Å². The van der Waals surface area contributed by atoms with Gasteiger partial charge in [0.25, 0.3) is 0 Å². The molecule has 1 N–H and O–H groups in total. The van der Waals surface area contributed by atoms with Crippen molar-refractivity contribution in [3.63, 3.8) is 0 Å². The van der Waals surface area contributed by atoms with Crippen LogP contribution in [0.25, 0.3) is 0 Å². The summed E-state index contributed by atoms with van der Waals surface area (Å²) in [6, 6.07) is 16.8. The molecule has 0 amide bonds. The van der Waals surface area contributed by atoms with E-state index in [1.54, 1.807) is 0 Å². The molecule has 0 aromatic heterocycles. The van der Waals surface area contributed by atoms with Gasteiger partial charge in [0.05, 0.1) is 13.2 Å². The van der Waals surface area contributed by atoms with Crippen LogP contribution in [0.2, 0.25) is 0 Å². The zero-order valence-electron chi connectivity index (χ0n) is 19.4. The molecule has 0 radical (unpaired) electrons. The first-order valence-corrected chi connectivity index (χ1v) is 12.2. The first kappa shape index (κ1) is 23.0. The summed E-state index contributed by atoms with van der Waals surface area (Å²) in [5, 5.41) is 3.73. The van der Waals surface area contributed by atoms with E-state index in [0.29, 0.717) is 12.1 Å². The summed E-state index contributed by atoms with van der Waals surface area (Å²) in [6.45, 7) is 8.29. The van der Waals surface area contributed by atoms with Crippen molar-refractivity contribution >= 4 is 0 Å². The van der Waals surface area contributed by atoms with Crippen LogP contribution in [0, 0.1) is 0 Å². The molecule has 0 aliphatic heterocycles. The van der Waals surface area contributed by atoms with Crippen molar-refractivity contribution in [2.75, 3.05) is 6.61 Å². The summed E-state index contributed by atoms with van der Waals surface area (Å²) in [4.78, 5) is 0. The average molecular weight is 408 g/mol. The lowest BCUT2D eigenvalue weighted by atomic mass is 9.85. The molecule has 1 aliphatic rings. The first-order chi connectivity index (χ1) is 14.7. The molecule has 164 valence electrons. The van der Waals surface area contributed by atoms with Gasteiger partial charge in [-0.2, -0.15) is 0 Å². The van der Waals surface area contributed by atoms with Gasteiger partial charge in [0.2, 0.25) is 0 Å². The van der Waals surface area contributed by atoms with Gasteiger partial charge >= 0.3 is 0 Å². The molecule has 0 fully saturated rings. The minimum atomic E-state index is 0.544. The summed E-state index contributed by atoms with van der Waals surface area (Å²) in [6.07, 6.45) is 11.0. The summed E-state index contributed by atoms with van der Waals surface area (Å²) < 4.78 is 6.18. The Balaban J connectivity index is 1.51. The predicted octanol–water partition coefficient (Wildman–Crippen LogP) is 6.42. The Kier molecular flexibility index (Phi) is 9.42. The van der Waals surface area contributed by atoms with Crippen molar-refractivity contribution in [2.24, 2.45) is 0 Å². The summed E-state index contributed by atoms with van der Waals surface area (Å²) in [5.41, 5.74) is 7.41. The minimum Gasteiger partial charge on any atom is -0.376 e. The van der Waals surface area contributed by atoms with Crippen LogP contribution in [0.3, 0.4) is 0 Å². The summed E-state index contributed by atoms with van der Waals surface area (Å²) >= 11 is 0. The number of hydrogen-bond donors (Lipinski definition) is 1. The van der Waals surface area contributed by atoms with Crippen LogP contribution < -0.4 is 5.32 Å². The number of hydrogen-bond acceptors (Lipinski definition) is 2. The Morgan fingerprint density at radius 1 is 0.933 bits per heavy atom. The smallest absolute Gasteiger partial charge is 0.0719 e. The van der Waals surface area contributed by atoms with E-state index in [0.717, 1.165) is 26.1 Å². The van der Waals surface area contributed by atoms with E-state index in [1.165, 1.54) is 72.8 Å². The van der Waals surface area contributed by atoms with Crippen molar-refractivity contribution in [2.45, 2.75) is 97.2 Å². The number of benzene rings is 2. The van der Waals surface area contributed by atoms with Crippen molar-refractivity contribution in [3.05, 3.63) is 70.3 Å². The number of fused-ring (bicyclic) bond motifs is 1. The normalized spacial score (nSPS) is 16.1. The standard InChI is InChI=1S/C28H41NO/c1-4-5-6-7-11-23-12-8-9-13-24(23)18-19-30-21-26-15-10-14-25-16-17-27(20-28(25)26)29-22(2)3/h8-10,12-15,22,27,29H,4-7,11,16-21H2,1-3H3. The van der Waals surface area contributed by atoms with Crippen LogP contribution in [0.15, 0.2) is 42.5 Å². The molecule has 1 aliphatic carbocycles. The number of ether oxygens (including phenoxy) is 1. The van der Waals surface area contributed by atoms with Gasteiger partial charge in [0.1, 0.15) is 0 Å². The molecule has 0 spiro atoms. The molecule has 1 unspecified atom stereocenters. The van der Waals surface area contributed by atoms with Gasteiger partial charge in [-0.1, -0.05) is 82.5 Å². The SMILES string of the molecule is CCCCCCc1ccccc1CCOCc1cccc2c1CC(NC(C)C)CC2. The van der Waals surface area contributed by atoms with Gasteiger partial charge in [0, 0.05) is 12.1 Å². The van der Waals surface area contributed by atoms with E-state index in [1.807, 2.05) is 0 Å². The average Bonchev–Trinajstić information content (AvgIpc) is 2.75. The maximum Gasteiger partial charge on any atom is 0.0719 e. The van der Waals surface area contributed by atoms with E-state index >= 15 is 0 Å². The number of rotatable bonds is 12. The van der Waals surface area contributed by atoms with Crippen LogP contribution in [-0.2, 0) is 37.0 Å². The predicted molar refractivity (Wildman–Crippen MR) is 128 cm³/mol. The van der Waals surface area contributed by atoms with E-state index in [-0.39, 0.29) is 0 Å². The van der Waals surface area contributed by atoms with E-state index < -0.39 is 0 Å². The molecule has 0 heterocycles. The molecular weight excluding hydrogens is 366 g/mol. The third kappa shape index (κ3) is 6.96. The molecule has 2 aromatic carbocycles. The Morgan fingerprint density at radius 2 is 1.70 bits per heavy atom. The van der Waals surface area contributed by atoms with Crippen molar-refractivity contribution in [3.8, 4) is 0 Å². The van der Waals surface area contributed by atoms with Gasteiger partial charge in [-0.25, -0.2) is 0 Å². The van der Waals surface area contributed by atoms with Crippen LogP contribution in [0.4, 0.5) is 0 Å². The van der Waals surface area contributed by atoms with E-state index in [2.05, 4.69) is 68.6 Å². The van der Waals surface area contributed by atoms with Crippen LogP contribution >= 0.6 is 0 Å². The Hall–Kier alpha value is -1.64. The Labute approximate surface area is 184 Å². The molecule has 0 saturated carbocycles. The zero-order chi connectivity index (χ0) is 21.2.